The highest BCUT2D eigenvalue weighted by Gasteiger charge is 2.36. The first-order valence-corrected chi connectivity index (χ1v) is 8.73. The smallest absolute Gasteiger partial charge is 0.225 e. The molecule has 2 aromatic rings. The first kappa shape index (κ1) is 17.2. The van der Waals surface area contributed by atoms with E-state index in [-0.39, 0.29) is 23.8 Å². The van der Waals surface area contributed by atoms with Crippen molar-refractivity contribution in [2.45, 2.75) is 32.4 Å². The lowest BCUT2D eigenvalue weighted by atomic mass is 10.1. The van der Waals surface area contributed by atoms with Crippen molar-refractivity contribution in [3.63, 3.8) is 0 Å². The van der Waals surface area contributed by atoms with E-state index in [1.54, 1.807) is 12.5 Å². The number of nitrogens with zero attached hydrogens (tertiary/aromatic N) is 3. The Hall–Kier alpha value is -2.63. The van der Waals surface area contributed by atoms with Crippen LogP contribution in [0.1, 0.15) is 31.4 Å². The Morgan fingerprint density at radius 2 is 2.16 bits per heavy atom. The summed E-state index contributed by atoms with van der Waals surface area (Å²) in [6.45, 7) is 3.93. The number of hydrogen-bond donors (Lipinski definition) is 1. The molecule has 6 nitrogen and oxygen atoms in total. The summed E-state index contributed by atoms with van der Waals surface area (Å²) in [6, 6.07) is 9.92. The van der Waals surface area contributed by atoms with E-state index in [9.17, 15) is 9.59 Å². The maximum atomic E-state index is 12.3. The van der Waals surface area contributed by atoms with E-state index in [2.05, 4.69) is 10.3 Å². The summed E-state index contributed by atoms with van der Waals surface area (Å²) in [7, 11) is 0. The van der Waals surface area contributed by atoms with Gasteiger partial charge in [0.15, 0.2) is 0 Å². The van der Waals surface area contributed by atoms with Crippen LogP contribution in [-0.4, -0.2) is 39.4 Å². The number of imidazole rings is 1. The van der Waals surface area contributed by atoms with Gasteiger partial charge in [-0.1, -0.05) is 30.3 Å². The summed E-state index contributed by atoms with van der Waals surface area (Å²) in [4.78, 5) is 30.5. The van der Waals surface area contributed by atoms with Crippen LogP contribution in [0, 0.1) is 5.92 Å². The molecular weight excluding hydrogens is 316 g/mol. The average molecular weight is 340 g/mol. The standard InChI is InChI=1S/C19H24N4O2/c1-15(16-6-3-2-4-7-16)23-13-17(12-18(23)24)19(25)21-8-5-10-22-11-9-20-14-22/h2-4,6-7,9,11,14-15,17H,5,8,10,12-13H2,1H3,(H,21,25)/t15-,17+/m0/s1. The topological polar surface area (TPSA) is 67.2 Å². The molecule has 6 heteroatoms. The summed E-state index contributed by atoms with van der Waals surface area (Å²) in [6.07, 6.45) is 6.54. The predicted molar refractivity (Wildman–Crippen MR) is 94.5 cm³/mol. The normalized spacial score (nSPS) is 18.4. The van der Waals surface area contributed by atoms with Crippen molar-refractivity contribution in [2.75, 3.05) is 13.1 Å². The third-order valence-electron chi connectivity index (χ3n) is 4.73. The third-order valence-corrected chi connectivity index (χ3v) is 4.73. The minimum absolute atomic E-state index is 0.00672. The summed E-state index contributed by atoms with van der Waals surface area (Å²) in [5.41, 5.74) is 1.09. The maximum Gasteiger partial charge on any atom is 0.225 e. The molecule has 1 aromatic carbocycles. The lowest BCUT2D eigenvalue weighted by Gasteiger charge is -2.25. The molecule has 1 N–H and O–H groups in total. The Morgan fingerprint density at radius 3 is 2.88 bits per heavy atom. The number of aryl methyl sites for hydroxylation is 1. The Labute approximate surface area is 147 Å². The molecule has 2 atom stereocenters. The van der Waals surface area contributed by atoms with E-state index < -0.39 is 0 Å². The number of benzene rings is 1. The number of carbonyl (C=O) groups excluding carboxylic acids is 2. The molecule has 0 bridgehead atoms. The SMILES string of the molecule is C[C@@H](c1ccccc1)N1C[C@H](C(=O)NCCCn2ccnc2)CC1=O. The van der Waals surface area contributed by atoms with Crippen LogP contribution >= 0.6 is 0 Å². The van der Waals surface area contributed by atoms with Gasteiger partial charge in [0.2, 0.25) is 11.8 Å². The van der Waals surface area contributed by atoms with Gasteiger partial charge in [-0.3, -0.25) is 9.59 Å². The Bertz CT molecular complexity index is 699. The van der Waals surface area contributed by atoms with Crippen molar-refractivity contribution >= 4 is 11.8 Å². The number of rotatable bonds is 7. The third kappa shape index (κ3) is 4.26. The summed E-state index contributed by atoms with van der Waals surface area (Å²) in [5.74, 6) is -0.233. The lowest BCUT2D eigenvalue weighted by molar-refractivity contribution is -0.130. The summed E-state index contributed by atoms with van der Waals surface area (Å²) < 4.78 is 1.98. The van der Waals surface area contributed by atoms with Gasteiger partial charge in [0, 0.05) is 38.4 Å². The quantitative estimate of drug-likeness (QED) is 0.784. The molecule has 0 unspecified atom stereocenters. The maximum absolute atomic E-state index is 12.3. The number of amides is 2. The van der Waals surface area contributed by atoms with Crippen molar-refractivity contribution in [2.24, 2.45) is 5.92 Å². The zero-order chi connectivity index (χ0) is 17.6. The fourth-order valence-corrected chi connectivity index (χ4v) is 3.23. The van der Waals surface area contributed by atoms with E-state index in [1.807, 2.05) is 52.9 Å². The zero-order valence-corrected chi connectivity index (χ0v) is 14.5. The Kier molecular flexibility index (Phi) is 5.48. The molecular formula is C19H24N4O2. The van der Waals surface area contributed by atoms with Crippen LogP contribution in [0.15, 0.2) is 49.1 Å². The van der Waals surface area contributed by atoms with Crippen LogP contribution in [0.5, 0.6) is 0 Å². The average Bonchev–Trinajstić information content (AvgIpc) is 3.28. The minimum Gasteiger partial charge on any atom is -0.356 e. The van der Waals surface area contributed by atoms with Crippen molar-refractivity contribution in [3.05, 3.63) is 54.6 Å². The first-order valence-electron chi connectivity index (χ1n) is 8.73. The fraction of sp³-hybridized carbons (Fsp3) is 0.421. The second-order valence-corrected chi connectivity index (χ2v) is 6.48. The molecule has 1 aliphatic rings. The lowest BCUT2D eigenvalue weighted by Crippen LogP contribution is -2.34. The monoisotopic (exact) mass is 340 g/mol. The van der Waals surface area contributed by atoms with Gasteiger partial charge < -0.3 is 14.8 Å². The molecule has 0 radical (unpaired) electrons. The Morgan fingerprint density at radius 1 is 1.36 bits per heavy atom. The zero-order valence-electron chi connectivity index (χ0n) is 14.5. The highest BCUT2D eigenvalue weighted by Crippen LogP contribution is 2.28. The molecule has 1 aromatic heterocycles. The Balaban J connectivity index is 1.47. The van der Waals surface area contributed by atoms with Gasteiger partial charge in [-0.25, -0.2) is 4.98 Å². The van der Waals surface area contributed by atoms with Crippen molar-refractivity contribution in [1.29, 1.82) is 0 Å². The molecule has 1 aliphatic heterocycles. The molecule has 3 rings (SSSR count). The molecule has 25 heavy (non-hydrogen) atoms. The van der Waals surface area contributed by atoms with Crippen LogP contribution in [0.4, 0.5) is 0 Å². The van der Waals surface area contributed by atoms with E-state index >= 15 is 0 Å². The second kappa shape index (κ2) is 7.96. The van der Waals surface area contributed by atoms with Crippen molar-refractivity contribution in [3.8, 4) is 0 Å². The van der Waals surface area contributed by atoms with Crippen LogP contribution in [0.3, 0.4) is 0 Å². The molecule has 2 amide bonds. The van der Waals surface area contributed by atoms with Gasteiger partial charge in [0.25, 0.3) is 0 Å². The fourth-order valence-electron chi connectivity index (χ4n) is 3.23. The predicted octanol–water partition coefficient (Wildman–Crippen LogP) is 2.00. The number of nitrogens with one attached hydrogen (secondary N) is 1. The summed E-state index contributed by atoms with van der Waals surface area (Å²) >= 11 is 0. The van der Waals surface area contributed by atoms with Crippen LogP contribution in [0.2, 0.25) is 0 Å². The van der Waals surface area contributed by atoms with Gasteiger partial charge in [-0.2, -0.15) is 0 Å². The molecule has 132 valence electrons. The van der Waals surface area contributed by atoms with Gasteiger partial charge in [-0.05, 0) is 18.9 Å². The minimum atomic E-state index is -0.257. The molecule has 0 spiro atoms. The molecule has 1 fully saturated rings. The molecule has 1 saturated heterocycles. The van der Waals surface area contributed by atoms with Gasteiger partial charge in [-0.15, -0.1) is 0 Å². The van der Waals surface area contributed by atoms with Crippen LogP contribution in [-0.2, 0) is 16.1 Å². The number of carbonyl (C=O) groups is 2. The molecule has 0 saturated carbocycles. The highest BCUT2D eigenvalue weighted by molar-refractivity contribution is 5.89. The van der Waals surface area contributed by atoms with E-state index in [1.165, 1.54) is 0 Å². The first-order chi connectivity index (χ1) is 12.1. The molecule has 0 aliphatic carbocycles. The van der Waals surface area contributed by atoms with E-state index in [4.69, 9.17) is 0 Å². The second-order valence-electron chi connectivity index (χ2n) is 6.48. The van der Waals surface area contributed by atoms with Crippen molar-refractivity contribution in [1.82, 2.24) is 19.8 Å². The molecule has 2 heterocycles. The van der Waals surface area contributed by atoms with Gasteiger partial charge >= 0.3 is 0 Å². The van der Waals surface area contributed by atoms with Crippen molar-refractivity contribution < 1.29 is 9.59 Å². The van der Waals surface area contributed by atoms with E-state index in [0.717, 1.165) is 18.5 Å². The number of hydrogen-bond acceptors (Lipinski definition) is 3. The van der Waals surface area contributed by atoms with Crippen LogP contribution < -0.4 is 5.32 Å². The number of aromatic nitrogens is 2. The van der Waals surface area contributed by atoms with Gasteiger partial charge in [0.1, 0.15) is 0 Å². The van der Waals surface area contributed by atoms with Crippen LogP contribution in [0.25, 0.3) is 0 Å². The largest absolute Gasteiger partial charge is 0.356 e. The number of likely N-dealkylation sites (tertiary alicyclic amines) is 1. The van der Waals surface area contributed by atoms with E-state index in [0.29, 0.717) is 19.5 Å². The summed E-state index contributed by atoms with van der Waals surface area (Å²) in [5, 5.41) is 2.96. The highest BCUT2D eigenvalue weighted by atomic mass is 16.2. The van der Waals surface area contributed by atoms with Gasteiger partial charge in [0.05, 0.1) is 18.3 Å².